The van der Waals surface area contributed by atoms with Crippen LogP contribution in [-0.2, 0) is 13.0 Å². The highest BCUT2D eigenvalue weighted by Gasteiger charge is 2.10. The fraction of sp³-hybridized carbons (Fsp3) is 0.214. The minimum absolute atomic E-state index is 0.0689. The number of amides is 1. The summed E-state index contributed by atoms with van der Waals surface area (Å²) >= 11 is 1.53. The Kier molecular flexibility index (Phi) is 4.12. The van der Waals surface area contributed by atoms with Crippen molar-refractivity contribution < 1.29 is 4.79 Å². The van der Waals surface area contributed by atoms with Crippen molar-refractivity contribution >= 4 is 22.9 Å². The lowest BCUT2D eigenvalue weighted by molar-refractivity contribution is 0.103. The van der Waals surface area contributed by atoms with Crippen LogP contribution in [0, 0.1) is 0 Å². The van der Waals surface area contributed by atoms with E-state index in [9.17, 15) is 4.79 Å². The number of hydrogen-bond donors (Lipinski definition) is 2. The minimum Gasteiger partial charge on any atom is -0.326 e. The topological polar surface area (TPSA) is 55.1 Å². The van der Waals surface area contributed by atoms with E-state index in [1.165, 1.54) is 16.2 Å². The molecule has 0 saturated carbocycles. The summed E-state index contributed by atoms with van der Waals surface area (Å²) in [5.41, 5.74) is 7.37. The minimum atomic E-state index is -0.0689. The molecule has 0 spiro atoms. The van der Waals surface area contributed by atoms with Crippen molar-refractivity contribution in [3.8, 4) is 0 Å². The van der Waals surface area contributed by atoms with Gasteiger partial charge in [-0.2, -0.15) is 0 Å². The molecule has 18 heavy (non-hydrogen) atoms. The summed E-state index contributed by atoms with van der Waals surface area (Å²) in [6.07, 6.45) is 0.956. The van der Waals surface area contributed by atoms with Gasteiger partial charge in [0.1, 0.15) is 0 Å². The van der Waals surface area contributed by atoms with Crippen LogP contribution in [0.5, 0.6) is 0 Å². The van der Waals surface area contributed by atoms with Gasteiger partial charge < -0.3 is 11.1 Å². The third kappa shape index (κ3) is 2.78. The molecule has 1 aromatic heterocycles. The number of benzene rings is 1. The Morgan fingerprint density at radius 1 is 1.28 bits per heavy atom. The average molecular weight is 260 g/mol. The van der Waals surface area contributed by atoms with E-state index in [-0.39, 0.29) is 5.91 Å². The van der Waals surface area contributed by atoms with Gasteiger partial charge in [0, 0.05) is 17.1 Å². The summed E-state index contributed by atoms with van der Waals surface area (Å²) in [4.78, 5) is 14.0. The quantitative estimate of drug-likeness (QED) is 0.887. The van der Waals surface area contributed by atoms with E-state index >= 15 is 0 Å². The molecule has 94 valence electrons. The average Bonchev–Trinajstić information content (AvgIpc) is 2.88. The molecule has 3 nitrogen and oxygen atoms in total. The van der Waals surface area contributed by atoms with Crippen molar-refractivity contribution in [3.63, 3.8) is 0 Å². The van der Waals surface area contributed by atoms with Crippen LogP contribution in [-0.4, -0.2) is 5.91 Å². The molecule has 1 aromatic carbocycles. The highest BCUT2D eigenvalue weighted by atomic mass is 32.1. The van der Waals surface area contributed by atoms with Crippen molar-refractivity contribution in [2.75, 3.05) is 5.32 Å². The Bertz CT molecular complexity index is 548. The van der Waals surface area contributed by atoms with Gasteiger partial charge in [0.05, 0.1) is 4.88 Å². The van der Waals surface area contributed by atoms with E-state index in [4.69, 9.17) is 5.73 Å². The molecule has 0 atom stereocenters. The molecule has 0 bridgehead atoms. The number of carbonyl (C=O) groups excluding carboxylic acids is 1. The zero-order chi connectivity index (χ0) is 13.0. The van der Waals surface area contributed by atoms with E-state index in [1.54, 1.807) is 0 Å². The molecule has 1 amide bonds. The van der Waals surface area contributed by atoms with Crippen LogP contribution in [0.15, 0.2) is 36.4 Å². The largest absolute Gasteiger partial charge is 0.326 e. The van der Waals surface area contributed by atoms with Gasteiger partial charge in [-0.15, -0.1) is 11.3 Å². The van der Waals surface area contributed by atoms with Crippen LogP contribution in [0.25, 0.3) is 0 Å². The maximum atomic E-state index is 12.1. The molecule has 4 heteroatoms. The van der Waals surface area contributed by atoms with Crippen LogP contribution in [0.3, 0.4) is 0 Å². The number of anilines is 1. The van der Waals surface area contributed by atoms with Crippen LogP contribution in [0.1, 0.15) is 27.0 Å². The first-order valence-electron chi connectivity index (χ1n) is 5.92. The summed E-state index contributed by atoms with van der Waals surface area (Å²) in [5.74, 6) is -0.0689. The van der Waals surface area contributed by atoms with Gasteiger partial charge in [0.15, 0.2) is 0 Å². The predicted molar refractivity (Wildman–Crippen MR) is 76.0 cm³/mol. The van der Waals surface area contributed by atoms with Crippen molar-refractivity contribution in [2.24, 2.45) is 5.73 Å². The first kappa shape index (κ1) is 12.8. The molecule has 0 fully saturated rings. The van der Waals surface area contributed by atoms with Crippen LogP contribution in [0.4, 0.5) is 5.69 Å². The van der Waals surface area contributed by atoms with E-state index in [1.807, 2.05) is 36.4 Å². The van der Waals surface area contributed by atoms with Gasteiger partial charge in [-0.25, -0.2) is 0 Å². The van der Waals surface area contributed by atoms with Crippen LogP contribution in [0.2, 0.25) is 0 Å². The predicted octanol–water partition coefficient (Wildman–Crippen LogP) is 3.02. The Hall–Kier alpha value is -1.65. The van der Waals surface area contributed by atoms with Crippen molar-refractivity contribution in [1.29, 1.82) is 0 Å². The first-order chi connectivity index (χ1) is 8.74. The van der Waals surface area contributed by atoms with Gasteiger partial charge in [-0.05, 0) is 30.2 Å². The van der Waals surface area contributed by atoms with Gasteiger partial charge in [0.25, 0.3) is 5.91 Å². The molecule has 2 aromatic rings. The number of rotatable bonds is 4. The Morgan fingerprint density at radius 2 is 2.06 bits per heavy atom. The van der Waals surface area contributed by atoms with E-state index < -0.39 is 0 Å². The molecule has 0 saturated heterocycles. The highest BCUT2D eigenvalue weighted by Crippen LogP contribution is 2.20. The van der Waals surface area contributed by atoms with E-state index in [0.717, 1.165) is 22.5 Å². The SMILES string of the molecule is CCc1ccc(C(=O)Nc2ccccc2CN)s1. The molecule has 2 rings (SSSR count). The van der Waals surface area contributed by atoms with Gasteiger partial charge in [-0.1, -0.05) is 25.1 Å². The maximum Gasteiger partial charge on any atom is 0.265 e. The third-order valence-corrected chi connectivity index (χ3v) is 3.95. The lowest BCUT2D eigenvalue weighted by atomic mass is 10.2. The number of para-hydroxylation sites is 1. The molecular weight excluding hydrogens is 244 g/mol. The Labute approximate surface area is 111 Å². The highest BCUT2D eigenvalue weighted by molar-refractivity contribution is 7.14. The monoisotopic (exact) mass is 260 g/mol. The second-order valence-electron chi connectivity index (χ2n) is 3.93. The summed E-state index contributed by atoms with van der Waals surface area (Å²) < 4.78 is 0. The van der Waals surface area contributed by atoms with E-state index in [0.29, 0.717) is 6.54 Å². The second kappa shape index (κ2) is 5.80. The zero-order valence-electron chi connectivity index (χ0n) is 10.3. The second-order valence-corrected chi connectivity index (χ2v) is 5.10. The summed E-state index contributed by atoms with van der Waals surface area (Å²) in [5, 5.41) is 2.91. The molecule has 0 radical (unpaired) electrons. The lowest BCUT2D eigenvalue weighted by Crippen LogP contribution is -2.12. The molecular formula is C14H16N2OS. The molecule has 0 aliphatic rings. The summed E-state index contributed by atoms with van der Waals surface area (Å²) in [7, 11) is 0. The van der Waals surface area contributed by atoms with Crippen molar-refractivity contribution in [1.82, 2.24) is 0 Å². The molecule has 3 N–H and O–H groups in total. The lowest BCUT2D eigenvalue weighted by Gasteiger charge is -2.08. The molecule has 0 aliphatic carbocycles. The Morgan fingerprint density at radius 3 is 2.72 bits per heavy atom. The Balaban J connectivity index is 2.16. The van der Waals surface area contributed by atoms with Gasteiger partial charge in [-0.3, -0.25) is 4.79 Å². The third-order valence-electron chi connectivity index (χ3n) is 2.72. The van der Waals surface area contributed by atoms with Crippen molar-refractivity contribution in [2.45, 2.75) is 19.9 Å². The fourth-order valence-corrected chi connectivity index (χ4v) is 2.54. The number of nitrogens with two attached hydrogens (primary N) is 1. The number of carbonyl (C=O) groups is 1. The van der Waals surface area contributed by atoms with Crippen LogP contribution < -0.4 is 11.1 Å². The maximum absolute atomic E-state index is 12.1. The zero-order valence-corrected chi connectivity index (χ0v) is 11.1. The normalized spacial score (nSPS) is 10.3. The van der Waals surface area contributed by atoms with Gasteiger partial charge in [0.2, 0.25) is 0 Å². The number of aryl methyl sites for hydroxylation is 1. The number of thiophene rings is 1. The van der Waals surface area contributed by atoms with Gasteiger partial charge >= 0.3 is 0 Å². The fourth-order valence-electron chi connectivity index (χ4n) is 1.69. The summed E-state index contributed by atoms with van der Waals surface area (Å²) in [6, 6.07) is 11.5. The van der Waals surface area contributed by atoms with Crippen LogP contribution >= 0.6 is 11.3 Å². The molecule has 1 heterocycles. The number of hydrogen-bond acceptors (Lipinski definition) is 3. The molecule has 0 aliphatic heterocycles. The standard InChI is InChI=1S/C14H16N2OS/c1-2-11-7-8-13(18-11)14(17)16-12-6-4-3-5-10(12)9-15/h3-8H,2,9,15H2,1H3,(H,16,17). The molecule has 0 unspecified atom stereocenters. The number of nitrogens with one attached hydrogen (secondary N) is 1. The smallest absolute Gasteiger partial charge is 0.265 e. The first-order valence-corrected chi connectivity index (χ1v) is 6.74. The van der Waals surface area contributed by atoms with E-state index in [2.05, 4.69) is 12.2 Å². The van der Waals surface area contributed by atoms with Crippen molar-refractivity contribution in [3.05, 3.63) is 51.7 Å². The summed E-state index contributed by atoms with van der Waals surface area (Å²) in [6.45, 7) is 2.50.